The standard InChI is InChI=1S/C19H24N2O3/c1-13-4-5-14(2)21(13)17-12-15(6-9-18(17)24-3)19(23)20(10-11-22)16-7-8-16/h4-6,9,12,16,22H,7-8,10-11H2,1-3H3. The van der Waals surface area contributed by atoms with Crippen molar-refractivity contribution in [1.82, 2.24) is 9.47 Å². The fourth-order valence-corrected chi connectivity index (χ4v) is 3.16. The average Bonchev–Trinajstić information content (AvgIpc) is 3.37. The Morgan fingerprint density at radius 1 is 1.25 bits per heavy atom. The van der Waals surface area contributed by atoms with Crippen LogP contribution in [0.15, 0.2) is 30.3 Å². The van der Waals surface area contributed by atoms with Gasteiger partial charge in [0.15, 0.2) is 0 Å². The fourth-order valence-electron chi connectivity index (χ4n) is 3.16. The molecular formula is C19H24N2O3. The molecule has 1 aliphatic carbocycles. The number of nitrogens with zero attached hydrogens (tertiary/aromatic N) is 2. The zero-order valence-corrected chi connectivity index (χ0v) is 14.5. The molecule has 1 aromatic heterocycles. The summed E-state index contributed by atoms with van der Waals surface area (Å²) in [5.41, 5.74) is 3.66. The zero-order chi connectivity index (χ0) is 17.3. The quantitative estimate of drug-likeness (QED) is 0.887. The summed E-state index contributed by atoms with van der Waals surface area (Å²) in [6.45, 7) is 4.43. The third kappa shape index (κ3) is 3.04. The molecule has 1 aromatic carbocycles. The molecule has 1 fully saturated rings. The second-order valence-electron chi connectivity index (χ2n) is 6.29. The number of ether oxygens (including phenoxy) is 1. The lowest BCUT2D eigenvalue weighted by atomic mass is 10.1. The van der Waals surface area contributed by atoms with Crippen molar-refractivity contribution in [2.45, 2.75) is 32.7 Å². The highest BCUT2D eigenvalue weighted by molar-refractivity contribution is 5.95. The molecule has 0 radical (unpaired) electrons. The van der Waals surface area contributed by atoms with Crippen LogP contribution in [0.5, 0.6) is 5.75 Å². The predicted molar refractivity (Wildman–Crippen MR) is 92.9 cm³/mol. The van der Waals surface area contributed by atoms with Gasteiger partial charge in [0, 0.05) is 29.5 Å². The molecule has 0 bridgehead atoms. The van der Waals surface area contributed by atoms with Crippen LogP contribution in [0, 0.1) is 13.8 Å². The molecule has 1 N–H and O–H groups in total. The number of aliphatic hydroxyl groups excluding tert-OH is 1. The van der Waals surface area contributed by atoms with Crippen LogP contribution in [-0.4, -0.2) is 46.8 Å². The van der Waals surface area contributed by atoms with E-state index in [9.17, 15) is 9.90 Å². The van der Waals surface area contributed by atoms with Crippen molar-refractivity contribution in [2.24, 2.45) is 0 Å². The van der Waals surface area contributed by atoms with E-state index in [1.54, 1.807) is 18.1 Å². The van der Waals surface area contributed by atoms with Crippen LogP contribution >= 0.6 is 0 Å². The maximum absolute atomic E-state index is 12.9. The molecule has 1 aliphatic rings. The van der Waals surface area contributed by atoms with E-state index in [1.807, 2.05) is 38.1 Å². The van der Waals surface area contributed by atoms with Crippen LogP contribution in [0.3, 0.4) is 0 Å². The summed E-state index contributed by atoms with van der Waals surface area (Å²) in [6, 6.07) is 9.88. The van der Waals surface area contributed by atoms with Crippen molar-refractivity contribution in [3.63, 3.8) is 0 Å². The van der Waals surface area contributed by atoms with Gasteiger partial charge >= 0.3 is 0 Å². The Hall–Kier alpha value is -2.27. The van der Waals surface area contributed by atoms with Gasteiger partial charge in [0.2, 0.25) is 0 Å². The smallest absolute Gasteiger partial charge is 0.254 e. The van der Waals surface area contributed by atoms with Crippen molar-refractivity contribution >= 4 is 5.91 Å². The summed E-state index contributed by atoms with van der Waals surface area (Å²) >= 11 is 0. The number of hydrogen-bond donors (Lipinski definition) is 1. The van der Waals surface area contributed by atoms with Gasteiger partial charge in [0.1, 0.15) is 5.75 Å². The SMILES string of the molecule is COc1ccc(C(=O)N(CCO)C2CC2)cc1-n1c(C)ccc1C. The predicted octanol–water partition coefficient (Wildman–Crippen LogP) is 2.70. The molecule has 0 saturated heterocycles. The van der Waals surface area contributed by atoms with Gasteiger partial charge in [-0.1, -0.05) is 0 Å². The van der Waals surface area contributed by atoms with E-state index < -0.39 is 0 Å². The van der Waals surface area contributed by atoms with Gasteiger partial charge in [0.25, 0.3) is 5.91 Å². The summed E-state index contributed by atoms with van der Waals surface area (Å²) in [7, 11) is 1.64. The number of hydrogen-bond acceptors (Lipinski definition) is 3. The normalized spacial score (nSPS) is 13.8. The molecule has 5 nitrogen and oxygen atoms in total. The fraction of sp³-hybridized carbons (Fsp3) is 0.421. The van der Waals surface area contributed by atoms with Gasteiger partial charge in [-0.15, -0.1) is 0 Å². The second kappa shape index (κ2) is 6.69. The number of benzene rings is 1. The Morgan fingerprint density at radius 2 is 1.92 bits per heavy atom. The lowest BCUT2D eigenvalue weighted by Gasteiger charge is -2.22. The first kappa shape index (κ1) is 16.6. The molecule has 0 spiro atoms. The number of methoxy groups -OCH3 is 1. The van der Waals surface area contributed by atoms with Gasteiger partial charge in [-0.3, -0.25) is 4.79 Å². The first-order valence-electron chi connectivity index (χ1n) is 8.32. The second-order valence-corrected chi connectivity index (χ2v) is 6.29. The van der Waals surface area contributed by atoms with E-state index in [0.717, 1.165) is 35.7 Å². The maximum atomic E-state index is 12.9. The highest BCUT2D eigenvalue weighted by Gasteiger charge is 2.32. The lowest BCUT2D eigenvalue weighted by Crippen LogP contribution is -2.35. The molecular weight excluding hydrogens is 304 g/mol. The van der Waals surface area contributed by atoms with Crippen molar-refractivity contribution < 1.29 is 14.6 Å². The molecule has 1 heterocycles. The highest BCUT2D eigenvalue weighted by atomic mass is 16.5. The topological polar surface area (TPSA) is 54.7 Å². The summed E-state index contributed by atoms with van der Waals surface area (Å²) in [5, 5.41) is 9.25. The van der Waals surface area contributed by atoms with Crippen molar-refractivity contribution in [3.8, 4) is 11.4 Å². The van der Waals surface area contributed by atoms with Crippen molar-refractivity contribution in [1.29, 1.82) is 0 Å². The number of aliphatic hydroxyl groups is 1. The third-order valence-corrected chi connectivity index (χ3v) is 4.53. The summed E-state index contributed by atoms with van der Waals surface area (Å²) in [6.07, 6.45) is 2.04. The van der Waals surface area contributed by atoms with E-state index in [4.69, 9.17) is 4.74 Å². The number of aromatic nitrogens is 1. The number of aryl methyl sites for hydroxylation is 2. The molecule has 5 heteroatoms. The van der Waals surface area contributed by atoms with E-state index >= 15 is 0 Å². The van der Waals surface area contributed by atoms with Gasteiger partial charge < -0.3 is 19.3 Å². The number of carbonyl (C=O) groups is 1. The Bertz CT molecular complexity index is 728. The third-order valence-electron chi connectivity index (χ3n) is 4.53. The molecule has 0 unspecified atom stereocenters. The van der Waals surface area contributed by atoms with Crippen molar-refractivity contribution in [3.05, 3.63) is 47.3 Å². The molecule has 0 atom stereocenters. The minimum atomic E-state index is -0.0297. The van der Waals surface area contributed by atoms with E-state index in [1.165, 1.54) is 0 Å². The van der Waals surface area contributed by atoms with Gasteiger partial charge in [0.05, 0.1) is 19.4 Å². The first-order chi connectivity index (χ1) is 11.6. The van der Waals surface area contributed by atoms with Crippen LogP contribution in [0.4, 0.5) is 0 Å². The van der Waals surface area contributed by atoms with E-state index in [0.29, 0.717) is 12.1 Å². The number of amides is 1. The minimum Gasteiger partial charge on any atom is -0.495 e. The van der Waals surface area contributed by atoms with Crippen LogP contribution in [0.1, 0.15) is 34.6 Å². The van der Waals surface area contributed by atoms with Crippen LogP contribution < -0.4 is 4.74 Å². The average molecular weight is 328 g/mol. The minimum absolute atomic E-state index is 0.0128. The van der Waals surface area contributed by atoms with Gasteiger partial charge in [-0.2, -0.15) is 0 Å². The Labute approximate surface area is 142 Å². The molecule has 24 heavy (non-hydrogen) atoms. The Morgan fingerprint density at radius 3 is 2.46 bits per heavy atom. The van der Waals surface area contributed by atoms with E-state index in [2.05, 4.69) is 4.57 Å². The molecule has 3 rings (SSSR count). The molecule has 0 aliphatic heterocycles. The summed E-state index contributed by atoms with van der Waals surface area (Å²) in [5.74, 6) is 0.701. The summed E-state index contributed by atoms with van der Waals surface area (Å²) < 4.78 is 7.58. The first-order valence-corrected chi connectivity index (χ1v) is 8.32. The monoisotopic (exact) mass is 328 g/mol. The molecule has 128 valence electrons. The maximum Gasteiger partial charge on any atom is 0.254 e. The van der Waals surface area contributed by atoms with Crippen LogP contribution in [0.25, 0.3) is 5.69 Å². The lowest BCUT2D eigenvalue weighted by molar-refractivity contribution is 0.0707. The van der Waals surface area contributed by atoms with Gasteiger partial charge in [-0.05, 0) is 57.0 Å². The Balaban J connectivity index is 2.01. The largest absolute Gasteiger partial charge is 0.495 e. The molecule has 1 amide bonds. The zero-order valence-electron chi connectivity index (χ0n) is 14.5. The van der Waals surface area contributed by atoms with Gasteiger partial charge in [-0.25, -0.2) is 0 Å². The van der Waals surface area contributed by atoms with Crippen LogP contribution in [0.2, 0.25) is 0 Å². The highest BCUT2D eigenvalue weighted by Crippen LogP contribution is 2.31. The molecule has 2 aromatic rings. The molecule has 1 saturated carbocycles. The number of rotatable bonds is 6. The number of carbonyl (C=O) groups excluding carboxylic acids is 1. The van der Waals surface area contributed by atoms with E-state index in [-0.39, 0.29) is 18.6 Å². The van der Waals surface area contributed by atoms with Crippen molar-refractivity contribution in [2.75, 3.05) is 20.3 Å². The van der Waals surface area contributed by atoms with Crippen LogP contribution in [-0.2, 0) is 0 Å². The summed E-state index contributed by atoms with van der Waals surface area (Å²) in [4.78, 5) is 14.7. The Kier molecular flexibility index (Phi) is 4.62.